The number of ether oxygens (including phenoxy) is 1. The zero-order valence-electron chi connectivity index (χ0n) is 23.4. The van der Waals surface area contributed by atoms with E-state index >= 15 is 0 Å². The molecule has 3 atom stereocenters. The minimum atomic E-state index is -1.37. The van der Waals surface area contributed by atoms with Crippen molar-refractivity contribution in [2.45, 2.75) is 84.5 Å². The summed E-state index contributed by atoms with van der Waals surface area (Å²) >= 11 is 0. The Kier molecular flexibility index (Phi) is 10.8. The van der Waals surface area contributed by atoms with E-state index < -0.39 is 35.6 Å². The lowest BCUT2D eigenvalue weighted by Crippen LogP contribution is -2.53. The zero-order chi connectivity index (χ0) is 29.3. The van der Waals surface area contributed by atoms with Crippen molar-refractivity contribution >= 4 is 17.9 Å². The summed E-state index contributed by atoms with van der Waals surface area (Å²) in [4.78, 5) is 41.1. The van der Waals surface area contributed by atoms with E-state index in [-0.39, 0.29) is 29.5 Å². The van der Waals surface area contributed by atoms with Crippen molar-refractivity contribution in [3.05, 3.63) is 59.2 Å². The average Bonchev–Trinajstić information content (AvgIpc) is 2.84. The first-order valence-corrected chi connectivity index (χ1v) is 12.9. The number of nitrogens with one attached hydrogen (secondary N) is 2. The third kappa shape index (κ3) is 8.95. The number of nitrogens with zero attached hydrogens (tertiary/aromatic N) is 1. The Bertz CT molecular complexity index is 1200. The van der Waals surface area contributed by atoms with Crippen molar-refractivity contribution in [3.63, 3.8) is 0 Å². The van der Waals surface area contributed by atoms with Gasteiger partial charge >= 0.3 is 6.09 Å². The fourth-order valence-corrected chi connectivity index (χ4v) is 4.08. The predicted octanol–water partition coefficient (Wildman–Crippen LogP) is 4.31. The number of amides is 3. The summed E-state index contributed by atoms with van der Waals surface area (Å²) in [6, 6.07) is 10.5. The molecule has 2 aromatic rings. The van der Waals surface area contributed by atoms with Crippen LogP contribution in [0.4, 0.5) is 4.79 Å². The summed E-state index contributed by atoms with van der Waals surface area (Å²) in [5, 5.41) is 26.0. The van der Waals surface area contributed by atoms with E-state index in [1.807, 2.05) is 13.8 Å². The van der Waals surface area contributed by atoms with Crippen LogP contribution in [0, 0.1) is 19.4 Å². The van der Waals surface area contributed by atoms with Crippen LogP contribution in [-0.2, 0) is 20.7 Å². The molecule has 9 nitrogen and oxygen atoms in total. The number of para-hydroxylation sites is 1. The lowest BCUT2D eigenvalue weighted by Gasteiger charge is -2.31. The molecule has 0 aliphatic rings. The number of aromatic hydroxyl groups is 2. The van der Waals surface area contributed by atoms with Crippen LogP contribution in [0.2, 0.25) is 0 Å². The number of phenols is 2. The molecule has 39 heavy (non-hydrogen) atoms. The van der Waals surface area contributed by atoms with Crippen LogP contribution in [0.15, 0.2) is 42.5 Å². The first-order valence-electron chi connectivity index (χ1n) is 12.9. The maximum absolute atomic E-state index is 14.0. The second-order valence-corrected chi connectivity index (χ2v) is 10.5. The molecular formula is C30H39N3O6. The van der Waals surface area contributed by atoms with Crippen LogP contribution < -0.4 is 10.6 Å². The van der Waals surface area contributed by atoms with Crippen molar-refractivity contribution in [3.8, 4) is 24.0 Å². The number of aryl methyl sites for hydroxylation is 1. The number of benzene rings is 2. The van der Waals surface area contributed by atoms with Gasteiger partial charge in [0.1, 0.15) is 23.1 Å². The maximum Gasteiger partial charge on any atom is 0.408 e. The van der Waals surface area contributed by atoms with Crippen molar-refractivity contribution in [2.75, 3.05) is 0 Å². The van der Waals surface area contributed by atoms with Gasteiger partial charge in [-0.3, -0.25) is 14.5 Å². The summed E-state index contributed by atoms with van der Waals surface area (Å²) in [7, 11) is 0. The number of hydrogen-bond acceptors (Lipinski definition) is 6. The quantitative estimate of drug-likeness (QED) is 0.264. The predicted molar refractivity (Wildman–Crippen MR) is 149 cm³/mol. The highest BCUT2D eigenvalue weighted by atomic mass is 16.6. The molecule has 210 valence electrons. The molecule has 0 heterocycles. The van der Waals surface area contributed by atoms with Gasteiger partial charge in [-0.05, 0) is 64.3 Å². The highest BCUT2D eigenvalue weighted by Crippen LogP contribution is 2.32. The Hall–Kier alpha value is -4.19. The standard InChI is InChI=1S/C30H39N3O6/c1-8-11-20(4)31-27(36)25(23-13-10-12-19(3)26(23)35)33(9-2)28(37)24(32-29(38)39-30(5,6)7)18-21-14-16-22(34)17-15-21/h2,10,12-17,20,24-25,34-35H,8,11,18H2,1,3-7H3,(H,31,36)(H,32,38). The fraction of sp³-hybridized carbons (Fsp3) is 0.433. The average molecular weight is 538 g/mol. The highest BCUT2D eigenvalue weighted by Gasteiger charge is 2.37. The molecule has 2 rings (SSSR count). The van der Waals surface area contributed by atoms with Gasteiger partial charge in [0.25, 0.3) is 5.91 Å². The minimum Gasteiger partial charge on any atom is -0.508 e. The highest BCUT2D eigenvalue weighted by molar-refractivity contribution is 5.94. The molecule has 2 aromatic carbocycles. The SMILES string of the molecule is C#CN(C(=O)C(Cc1ccc(O)cc1)NC(=O)OC(C)(C)C)C(C(=O)NC(C)CCC)c1cccc(C)c1O. The molecule has 9 heteroatoms. The fourth-order valence-electron chi connectivity index (χ4n) is 4.08. The van der Waals surface area contributed by atoms with E-state index in [1.165, 1.54) is 18.2 Å². The Morgan fingerprint density at radius 1 is 1.08 bits per heavy atom. The number of terminal acetylenes is 1. The molecule has 0 aromatic heterocycles. The monoisotopic (exact) mass is 537 g/mol. The summed E-state index contributed by atoms with van der Waals surface area (Å²) in [5.74, 6) is -1.44. The van der Waals surface area contributed by atoms with Crippen LogP contribution in [0.5, 0.6) is 11.5 Å². The smallest absolute Gasteiger partial charge is 0.408 e. The van der Waals surface area contributed by atoms with E-state index in [0.717, 1.165) is 11.3 Å². The van der Waals surface area contributed by atoms with Crippen LogP contribution >= 0.6 is 0 Å². The molecule has 3 unspecified atom stereocenters. The van der Waals surface area contributed by atoms with Gasteiger partial charge in [0.15, 0.2) is 6.04 Å². The third-order valence-corrected chi connectivity index (χ3v) is 5.92. The van der Waals surface area contributed by atoms with Gasteiger partial charge in [-0.15, -0.1) is 0 Å². The first-order chi connectivity index (χ1) is 18.3. The number of alkyl carbamates (subject to hydrolysis) is 1. The van der Waals surface area contributed by atoms with E-state index in [1.54, 1.807) is 52.0 Å². The van der Waals surface area contributed by atoms with Gasteiger partial charge in [0.05, 0.1) is 0 Å². The minimum absolute atomic E-state index is 0.00306. The molecule has 0 aliphatic heterocycles. The van der Waals surface area contributed by atoms with E-state index in [0.29, 0.717) is 17.5 Å². The van der Waals surface area contributed by atoms with Gasteiger partial charge in [0.2, 0.25) is 5.91 Å². The molecule has 0 fully saturated rings. The summed E-state index contributed by atoms with van der Waals surface area (Å²) < 4.78 is 5.36. The number of rotatable bonds is 10. The topological polar surface area (TPSA) is 128 Å². The Balaban J connectivity index is 2.54. The molecule has 0 radical (unpaired) electrons. The third-order valence-electron chi connectivity index (χ3n) is 5.92. The van der Waals surface area contributed by atoms with E-state index in [2.05, 4.69) is 16.7 Å². The maximum atomic E-state index is 14.0. The molecule has 3 amide bonds. The Morgan fingerprint density at radius 3 is 2.28 bits per heavy atom. The van der Waals surface area contributed by atoms with Crippen molar-refractivity contribution < 1.29 is 29.3 Å². The van der Waals surface area contributed by atoms with Gasteiger partial charge in [0, 0.05) is 24.1 Å². The van der Waals surface area contributed by atoms with Crippen molar-refractivity contribution in [1.82, 2.24) is 15.5 Å². The Labute approximate surface area is 230 Å². The van der Waals surface area contributed by atoms with E-state index in [9.17, 15) is 24.6 Å². The van der Waals surface area contributed by atoms with Crippen LogP contribution in [0.25, 0.3) is 0 Å². The second-order valence-electron chi connectivity index (χ2n) is 10.5. The van der Waals surface area contributed by atoms with Crippen molar-refractivity contribution in [1.29, 1.82) is 0 Å². The van der Waals surface area contributed by atoms with Crippen LogP contribution in [0.1, 0.15) is 70.2 Å². The Morgan fingerprint density at radius 2 is 1.72 bits per heavy atom. The lowest BCUT2D eigenvalue weighted by molar-refractivity contribution is -0.138. The second kappa shape index (κ2) is 13.6. The van der Waals surface area contributed by atoms with Crippen LogP contribution in [0.3, 0.4) is 0 Å². The van der Waals surface area contributed by atoms with Gasteiger partial charge in [-0.2, -0.15) is 0 Å². The molecule has 0 aliphatic carbocycles. The largest absolute Gasteiger partial charge is 0.508 e. The number of carbonyl (C=O) groups is 3. The zero-order valence-corrected chi connectivity index (χ0v) is 23.4. The normalized spacial score (nSPS) is 13.4. The first kappa shape index (κ1) is 31.0. The molecule has 4 N–H and O–H groups in total. The molecule has 0 bridgehead atoms. The van der Waals surface area contributed by atoms with Gasteiger partial charge in [-0.25, -0.2) is 4.79 Å². The summed E-state index contributed by atoms with van der Waals surface area (Å²) in [5.41, 5.74) is 0.454. The summed E-state index contributed by atoms with van der Waals surface area (Å²) in [6.07, 6.45) is 6.51. The number of carbonyl (C=O) groups excluding carboxylic acids is 3. The summed E-state index contributed by atoms with van der Waals surface area (Å²) in [6.45, 7) is 10.6. The van der Waals surface area contributed by atoms with Gasteiger partial charge < -0.3 is 25.6 Å². The van der Waals surface area contributed by atoms with Crippen LogP contribution in [-0.4, -0.2) is 50.7 Å². The molecule has 0 spiro atoms. The van der Waals surface area contributed by atoms with Gasteiger partial charge in [-0.1, -0.05) is 50.1 Å². The molecular weight excluding hydrogens is 498 g/mol. The number of phenolic OH excluding ortho intramolecular Hbond substituents is 2. The number of hydrogen-bond donors (Lipinski definition) is 4. The van der Waals surface area contributed by atoms with Crippen molar-refractivity contribution in [2.24, 2.45) is 0 Å². The molecule has 0 saturated carbocycles. The molecule has 0 saturated heterocycles. The lowest BCUT2D eigenvalue weighted by atomic mass is 9.98. The van der Waals surface area contributed by atoms with E-state index in [4.69, 9.17) is 11.2 Å².